The minimum atomic E-state index is -4.32. The summed E-state index contributed by atoms with van der Waals surface area (Å²) >= 11 is 0. The van der Waals surface area contributed by atoms with Gasteiger partial charge < -0.3 is 28.8 Å². The molecule has 0 aliphatic carbocycles. The number of carbonyl (C=O) groups is 1. The van der Waals surface area contributed by atoms with E-state index in [-0.39, 0.29) is 39.3 Å². The third-order valence-corrected chi connectivity index (χ3v) is 5.33. The monoisotopic (exact) mass is 427 g/mol. The molecule has 0 saturated carbocycles. The average Bonchev–Trinajstić information content (AvgIpc) is 2.71. The Morgan fingerprint density at radius 1 is 0.862 bits per heavy atom. The zero-order valence-electron chi connectivity index (χ0n) is 16.4. The predicted octanol–water partition coefficient (Wildman–Crippen LogP) is 2.23. The van der Waals surface area contributed by atoms with Gasteiger partial charge in [0.05, 0.1) is 41.1 Å². The van der Waals surface area contributed by atoms with Crippen molar-refractivity contribution >= 4 is 21.7 Å². The summed E-state index contributed by atoms with van der Waals surface area (Å²) in [6.45, 7) is 0. The second-order valence-electron chi connectivity index (χ2n) is 5.50. The van der Waals surface area contributed by atoms with Crippen LogP contribution in [-0.4, -0.2) is 55.0 Å². The largest absolute Gasteiger partial charge is 0.497 e. The number of nitrogens with one attached hydrogen (secondary N) is 1. The van der Waals surface area contributed by atoms with Crippen LogP contribution in [0.1, 0.15) is 10.4 Å². The molecule has 0 fully saturated rings. The van der Waals surface area contributed by atoms with E-state index in [0.717, 1.165) is 6.07 Å². The summed E-state index contributed by atoms with van der Waals surface area (Å²) in [5.41, 5.74) is -0.729. The Morgan fingerprint density at radius 3 is 1.97 bits per heavy atom. The van der Waals surface area contributed by atoms with Crippen molar-refractivity contribution < 1.29 is 42.0 Å². The summed E-state index contributed by atoms with van der Waals surface area (Å²) in [5, 5.41) is 9.59. The van der Waals surface area contributed by atoms with E-state index in [1.165, 1.54) is 53.7 Å². The van der Waals surface area contributed by atoms with Gasteiger partial charge in [-0.1, -0.05) is 0 Å². The van der Waals surface area contributed by atoms with Crippen LogP contribution in [0.25, 0.3) is 0 Å². The molecule has 10 nitrogen and oxygen atoms in total. The van der Waals surface area contributed by atoms with Crippen molar-refractivity contribution in [1.29, 1.82) is 0 Å². The highest BCUT2D eigenvalue weighted by Gasteiger charge is 2.29. The highest BCUT2D eigenvalue weighted by Crippen LogP contribution is 2.46. The number of rotatable bonds is 9. The molecule has 29 heavy (non-hydrogen) atoms. The molecule has 0 aromatic heterocycles. The SMILES string of the molecule is COc1ccc(OC)c(S(=O)(=O)Nc2c(C(=O)O)cc(OC)c(OC)c2OC)c1. The number of ether oxygens (including phenoxy) is 5. The van der Waals surface area contributed by atoms with E-state index in [9.17, 15) is 18.3 Å². The Hall–Kier alpha value is -3.34. The molecule has 0 unspecified atom stereocenters. The molecular weight excluding hydrogens is 406 g/mol. The van der Waals surface area contributed by atoms with Crippen molar-refractivity contribution in [1.82, 2.24) is 0 Å². The van der Waals surface area contributed by atoms with Crippen molar-refractivity contribution in [3.8, 4) is 28.7 Å². The minimum Gasteiger partial charge on any atom is -0.497 e. The summed E-state index contributed by atoms with van der Waals surface area (Å²) < 4.78 is 54.2. The number of hydrogen-bond acceptors (Lipinski definition) is 8. The highest BCUT2D eigenvalue weighted by molar-refractivity contribution is 7.92. The Bertz CT molecular complexity index is 1020. The lowest BCUT2D eigenvalue weighted by Crippen LogP contribution is -2.18. The van der Waals surface area contributed by atoms with Crippen molar-refractivity contribution in [3.63, 3.8) is 0 Å². The molecule has 2 rings (SSSR count). The quantitative estimate of drug-likeness (QED) is 0.619. The molecule has 0 aliphatic heterocycles. The molecule has 0 atom stereocenters. The maximum atomic E-state index is 13.1. The van der Waals surface area contributed by atoms with Crippen LogP contribution in [0, 0.1) is 0 Å². The number of hydrogen-bond donors (Lipinski definition) is 2. The third-order valence-electron chi connectivity index (χ3n) is 3.96. The number of aromatic carboxylic acids is 1. The normalized spacial score (nSPS) is 10.8. The van der Waals surface area contributed by atoms with Crippen LogP contribution in [0.2, 0.25) is 0 Å². The molecule has 158 valence electrons. The smallest absolute Gasteiger partial charge is 0.338 e. The minimum absolute atomic E-state index is 0.0234. The number of methoxy groups -OCH3 is 5. The molecule has 2 N–H and O–H groups in total. The summed E-state index contributed by atoms with van der Waals surface area (Å²) in [6.07, 6.45) is 0. The fourth-order valence-corrected chi connectivity index (χ4v) is 3.88. The van der Waals surface area contributed by atoms with E-state index in [0.29, 0.717) is 0 Å². The number of sulfonamides is 1. The van der Waals surface area contributed by atoms with E-state index in [1.807, 2.05) is 0 Å². The Kier molecular flexibility index (Phi) is 6.64. The van der Waals surface area contributed by atoms with Gasteiger partial charge in [0, 0.05) is 12.1 Å². The number of carboxylic acids is 1. The Balaban J connectivity index is 2.74. The summed E-state index contributed by atoms with van der Waals surface area (Å²) in [7, 11) is 2.24. The van der Waals surface area contributed by atoms with Crippen molar-refractivity contribution in [2.45, 2.75) is 4.90 Å². The molecular formula is C18H21NO9S. The summed E-state index contributed by atoms with van der Waals surface area (Å²) in [4.78, 5) is 11.5. The molecule has 0 amide bonds. The molecule has 2 aromatic rings. The number of carboxylic acid groups (broad SMARTS) is 1. The van der Waals surface area contributed by atoms with E-state index in [4.69, 9.17) is 23.7 Å². The van der Waals surface area contributed by atoms with Crippen LogP contribution in [0.3, 0.4) is 0 Å². The topological polar surface area (TPSA) is 130 Å². The molecule has 2 aromatic carbocycles. The van der Waals surface area contributed by atoms with Gasteiger partial charge in [0.2, 0.25) is 5.75 Å². The van der Waals surface area contributed by atoms with Crippen LogP contribution in [0.5, 0.6) is 28.7 Å². The van der Waals surface area contributed by atoms with E-state index in [1.54, 1.807) is 0 Å². The first-order valence-corrected chi connectivity index (χ1v) is 9.53. The van der Waals surface area contributed by atoms with E-state index in [2.05, 4.69) is 4.72 Å². The standard InChI is InChI=1S/C18H21NO9S/c1-24-10-6-7-12(25-2)14(8-10)29(22,23)19-15-11(18(20)21)9-13(26-3)16(27-4)17(15)28-5/h6-9,19H,1-5H3,(H,20,21). The van der Waals surface area contributed by atoms with Crippen molar-refractivity contribution in [2.24, 2.45) is 0 Å². The molecule has 0 heterocycles. The van der Waals surface area contributed by atoms with Crippen molar-refractivity contribution in [2.75, 3.05) is 40.3 Å². The number of benzene rings is 2. The second-order valence-corrected chi connectivity index (χ2v) is 7.15. The van der Waals surface area contributed by atoms with Crippen molar-refractivity contribution in [3.05, 3.63) is 29.8 Å². The molecule has 0 aliphatic rings. The van der Waals surface area contributed by atoms with Gasteiger partial charge in [-0.2, -0.15) is 0 Å². The van der Waals surface area contributed by atoms with Gasteiger partial charge in [-0.25, -0.2) is 13.2 Å². The first-order chi connectivity index (χ1) is 13.7. The van der Waals surface area contributed by atoms with Crippen LogP contribution < -0.4 is 28.4 Å². The van der Waals surface area contributed by atoms with Crippen LogP contribution in [0.4, 0.5) is 5.69 Å². The Morgan fingerprint density at radius 2 is 1.48 bits per heavy atom. The predicted molar refractivity (Wildman–Crippen MR) is 103 cm³/mol. The first kappa shape index (κ1) is 22.0. The van der Waals surface area contributed by atoms with Gasteiger partial charge >= 0.3 is 5.97 Å². The van der Waals surface area contributed by atoms with Gasteiger partial charge in [0.1, 0.15) is 22.1 Å². The molecule has 0 saturated heterocycles. The fraction of sp³-hybridized carbons (Fsp3) is 0.278. The van der Waals surface area contributed by atoms with Gasteiger partial charge in [-0.3, -0.25) is 4.72 Å². The summed E-state index contributed by atoms with van der Waals surface area (Å²) in [6, 6.07) is 5.31. The lowest BCUT2D eigenvalue weighted by atomic mass is 10.1. The van der Waals surface area contributed by atoms with E-state index < -0.39 is 21.6 Å². The highest BCUT2D eigenvalue weighted by atomic mass is 32.2. The third kappa shape index (κ3) is 4.24. The molecule has 0 radical (unpaired) electrons. The average molecular weight is 427 g/mol. The van der Waals surface area contributed by atoms with Gasteiger partial charge in [0.25, 0.3) is 10.0 Å². The van der Waals surface area contributed by atoms with Gasteiger partial charge in [-0.05, 0) is 12.1 Å². The number of anilines is 1. The van der Waals surface area contributed by atoms with Gasteiger partial charge in [-0.15, -0.1) is 0 Å². The fourth-order valence-electron chi connectivity index (χ4n) is 2.61. The lowest BCUT2D eigenvalue weighted by molar-refractivity contribution is 0.0697. The first-order valence-electron chi connectivity index (χ1n) is 8.05. The molecule has 0 spiro atoms. The zero-order chi connectivity index (χ0) is 21.8. The van der Waals surface area contributed by atoms with Crippen LogP contribution in [-0.2, 0) is 10.0 Å². The molecule has 0 bridgehead atoms. The van der Waals surface area contributed by atoms with Gasteiger partial charge in [0.15, 0.2) is 11.5 Å². The molecule has 11 heteroatoms. The second kappa shape index (κ2) is 8.78. The zero-order valence-corrected chi connectivity index (χ0v) is 17.2. The van der Waals surface area contributed by atoms with E-state index >= 15 is 0 Å². The summed E-state index contributed by atoms with van der Waals surface area (Å²) in [5.74, 6) is -1.17. The van der Waals surface area contributed by atoms with Crippen LogP contribution in [0.15, 0.2) is 29.2 Å². The maximum Gasteiger partial charge on any atom is 0.338 e. The lowest BCUT2D eigenvalue weighted by Gasteiger charge is -2.19. The Labute approximate surface area is 168 Å². The van der Waals surface area contributed by atoms with Crippen LogP contribution >= 0.6 is 0 Å². The maximum absolute atomic E-state index is 13.1.